The molecule has 12 heavy (non-hydrogen) atoms. The Morgan fingerprint density at radius 3 is 2.58 bits per heavy atom. The van der Waals surface area contributed by atoms with Crippen molar-refractivity contribution in [3.8, 4) is 0 Å². The van der Waals surface area contributed by atoms with Gasteiger partial charge in [0.1, 0.15) is 9.85 Å². The SMILES string of the molecule is NC(=S)C(c1cccs1)=S(=O)=O. The highest BCUT2D eigenvalue weighted by molar-refractivity contribution is 7.87. The monoisotopic (exact) mass is 219 g/mol. The van der Waals surface area contributed by atoms with Crippen molar-refractivity contribution in [2.45, 2.75) is 0 Å². The molecule has 1 rings (SSSR count). The van der Waals surface area contributed by atoms with E-state index in [1.54, 1.807) is 17.5 Å². The molecule has 0 amide bonds. The van der Waals surface area contributed by atoms with Gasteiger partial charge in [0, 0.05) is 0 Å². The second kappa shape index (κ2) is 3.79. The minimum absolute atomic E-state index is 0.0139. The van der Waals surface area contributed by atoms with Crippen LogP contribution < -0.4 is 5.73 Å². The zero-order valence-electron chi connectivity index (χ0n) is 5.85. The lowest BCUT2D eigenvalue weighted by atomic mass is 10.3. The predicted molar refractivity (Wildman–Crippen MR) is 54.1 cm³/mol. The molecule has 0 aliphatic heterocycles. The summed E-state index contributed by atoms with van der Waals surface area (Å²) in [6, 6.07) is 3.40. The smallest absolute Gasteiger partial charge is 0.225 e. The van der Waals surface area contributed by atoms with Gasteiger partial charge in [0.05, 0.1) is 4.88 Å². The molecular weight excluding hydrogens is 214 g/mol. The summed E-state index contributed by atoms with van der Waals surface area (Å²) in [7, 11) is -2.35. The maximum absolute atomic E-state index is 10.6. The van der Waals surface area contributed by atoms with Crippen LogP contribution in [0.4, 0.5) is 0 Å². The number of rotatable bonds is 2. The van der Waals surface area contributed by atoms with E-state index >= 15 is 0 Å². The van der Waals surface area contributed by atoms with Crippen LogP contribution in [-0.4, -0.2) is 18.3 Å². The van der Waals surface area contributed by atoms with Crippen LogP contribution in [0.25, 0.3) is 0 Å². The zero-order valence-corrected chi connectivity index (χ0v) is 8.30. The Labute approximate surface area is 80.4 Å². The second-order valence-corrected chi connectivity index (χ2v) is 4.17. The standard InChI is InChI=1S/C6H5NO2S3/c7-6(10)5(12(8)9)4-2-1-3-11-4/h1-3H,(H2,7,10). The number of hydrogen-bond acceptors (Lipinski definition) is 4. The topological polar surface area (TPSA) is 60.2 Å². The van der Waals surface area contributed by atoms with Gasteiger partial charge in [-0.15, -0.1) is 11.3 Å². The summed E-state index contributed by atoms with van der Waals surface area (Å²) in [6.07, 6.45) is 0. The first-order valence-electron chi connectivity index (χ1n) is 2.93. The summed E-state index contributed by atoms with van der Waals surface area (Å²) in [5, 5.41) is 1.76. The summed E-state index contributed by atoms with van der Waals surface area (Å²) in [4.78, 5) is 0.501. The van der Waals surface area contributed by atoms with Crippen molar-refractivity contribution in [3.63, 3.8) is 0 Å². The number of thiophene rings is 1. The van der Waals surface area contributed by atoms with Crippen LogP contribution in [0, 0.1) is 0 Å². The Kier molecular flexibility index (Phi) is 2.96. The minimum Gasteiger partial charge on any atom is -0.389 e. The highest BCUT2D eigenvalue weighted by atomic mass is 32.2. The van der Waals surface area contributed by atoms with E-state index in [1.165, 1.54) is 11.3 Å². The Hall–Kier alpha value is -0.720. The molecule has 0 saturated carbocycles. The third kappa shape index (κ3) is 1.90. The van der Waals surface area contributed by atoms with E-state index in [4.69, 9.17) is 5.73 Å². The molecule has 2 N–H and O–H groups in total. The van der Waals surface area contributed by atoms with Gasteiger partial charge in [0.15, 0.2) is 0 Å². The van der Waals surface area contributed by atoms with Crippen molar-refractivity contribution in [1.29, 1.82) is 0 Å². The quantitative estimate of drug-likeness (QED) is 0.579. The number of hydrogen-bond donors (Lipinski definition) is 1. The predicted octanol–water partition coefficient (Wildman–Crippen LogP) is 0.434. The van der Waals surface area contributed by atoms with Crippen molar-refractivity contribution >= 4 is 43.7 Å². The van der Waals surface area contributed by atoms with E-state index in [-0.39, 0.29) is 9.85 Å². The molecule has 0 bridgehead atoms. The lowest BCUT2D eigenvalue weighted by molar-refractivity contribution is 0.627. The maximum Gasteiger partial charge on any atom is 0.225 e. The molecule has 0 atom stereocenters. The third-order valence-electron chi connectivity index (χ3n) is 1.14. The van der Waals surface area contributed by atoms with Crippen molar-refractivity contribution in [2.75, 3.05) is 0 Å². The molecular formula is C6H5NO2S3. The molecule has 6 heteroatoms. The maximum atomic E-state index is 10.6. The first-order valence-corrected chi connectivity index (χ1v) is 5.29. The Balaban J connectivity index is 3.35. The molecule has 0 aromatic carbocycles. The van der Waals surface area contributed by atoms with Gasteiger partial charge in [-0.1, -0.05) is 18.3 Å². The molecule has 3 nitrogen and oxygen atoms in total. The molecule has 0 unspecified atom stereocenters. The average Bonchev–Trinajstić information content (AvgIpc) is 2.37. The molecule has 0 aliphatic rings. The fraction of sp³-hybridized carbons (Fsp3) is 0. The van der Waals surface area contributed by atoms with Crippen LogP contribution in [0.5, 0.6) is 0 Å². The minimum atomic E-state index is -2.35. The van der Waals surface area contributed by atoms with Crippen molar-refractivity contribution in [1.82, 2.24) is 0 Å². The van der Waals surface area contributed by atoms with E-state index in [2.05, 4.69) is 12.2 Å². The van der Waals surface area contributed by atoms with E-state index in [0.29, 0.717) is 4.88 Å². The van der Waals surface area contributed by atoms with Gasteiger partial charge in [-0.25, -0.2) is 0 Å². The average molecular weight is 219 g/mol. The first-order chi connectivity index (χ1) is 5.63. The highest BCUT2D eigenvalue weighted by Gasteiger charge is 2.08. The lowest BCUT2D eigenvalue weighted by Crippen LogP contribution is -2.21. The summed E-state index contributed by atoms with van der Waals surface area (Å²) >= 11 is 5.89. The Morgan fingerprint density at radius 1 is 1.58 bits per heavy atom. The largest absolute Gasteiger partial charge is 0.389 e. The molecule has 0 radical (unpaired) electrons. The summed E-state index contributed by atoms with van der Waals surface area (Å²) < 4.78 is 21.3. The Morgan fingerprint density at radius 2 is 2.25 bits per heavy atom. The van der Waals surface area contributed by atoms with Crippen LogP contribution in [0.3, 0.4) is 0 Å². The van der Waals surface area contributed by atoms with Crippen molar-refractivity contribution < 1.29 is 8.42 Å². The fourth-order valence-electron chi connectivity index (χ4n) is 0.693. The van der Waals surface area contributed by atoms with Gasteiger partial charge in [0.25, 0.3) is 0 Å². The van der Waals surface area contributed by atoms with E-state index < -0.39 is 10.3 Å². The summed E-state index contributed by atoms with van der Waals surface area (Å²) in [5.41, 5.74) is 5.24. The van der Waals surface area contributed by atoms with Crippen LogP contribution >= 0.6 is 23.6 Å². The van der Waals surface area contributed by atoms with Crippen LogP contribution in [-0.2, 0) is 10.3 Å². The molecule has 64 valence electrons. The molecule has 1 aromatic rings. The summed E-state index contributed by atoms with van der Waals surface area (Å²) in [6.45, 7) is 0. The lowest BCUT2D eigenvalue weighted by Gasteiger charge is -1.93. The van der Waals surface area contributed by atoms with Gasteiger partial charge in [-0.2, -0.15) is 8.42 Å². The van der Waals surface area contributed by atoms with E-state index in [9.17, 15) is 8.42 Å². The molecule has 1 heterocycles. The van der Waals surface area contributed by atoms with Crippen molar-refractivity contribution in [3.05, 3.63) is 22.4 Å². The number of thiocarbonyl (C=S) groups is 1. The van der Waals surface area contributed by atoms with Crippen LogP contribution in [0.15, 0.2) is 17.5 Å². The van der Waals surface area contributed by atoms with Crippen LogP contribution in [0.1, 0.15) is 4.88 Å². The molecule has 1 aromatic heterocycles. The molecule has 0 fully saturated rings. The van der Waals surface area contributed by atoms with Crippen LogP contribution in [0.2, 0.25) is 0 Å². The fourth-order valence-corrected chi connectivity index (χ4v) is 2.50. The molecule has 0 spiro atoms. The normalized spacial score (nSPS) is 9.33. The van der Waals surface area contributed by atoms with Gasteiger partial charge in [0.2, 0.25) is 10.3 Å². The first kappa shape index (κ1) is 9.37. The summed E-state index contributed by atoms with van der Waals surface area (Å²) in [5.74, 6) is 0. The van der Waals surface area contributed by atoms with Gasteiger partial charge in [-0.3, -0.25) is 0 Å². The van der Waals surface area contributed by atoms with Gasteiger partial charge in [-0.05, 0) is 11.4 Å². The molecule has 0 aliphatic carbocycles. The van der Waals surface area contributed by atoms with Gasteiger partial charge < -0.3 is 5.73 Å². The highest BCUT2D eigenvalue weighted by Crippen LogP contribution is 2.09. The third-order valence-corrected chi connectivity index (χ3v) is 3.26. The van der Waals surface area contributed by atoms with Crippen molar-refractivity contribution in [2.24, 2.45) is 5.73 Å². The molecule has 0 saturated heterocycles. The number of nitrogens with two attached hydrogens (primary N) is 1. The second-order valence-electron chi connectivity index (χ2n) is 1.91. The van der Waals surface area contributed by atoms with E-state index in [1.807, 2.05) is 0 Å². The van der Waals surface area contributed by atoms with E-state index in [0.717, 1.165) is 0 Å². The van der Waals surface area contributed by atoms with Gasteiger partial charge >= 0.3 is 0 Å². The Bertz CT molecular complexity index is 408. The zero-order chi connectivity index (χ0) is 9.14.